The number of Topliss-reactive ketones (excluding diaryl/α,β-unsaturated/α-hetero) is 3. The first-order valence-corrected chi connectivity index (χ1v) is 12.1. The van der Waals surface area contributed by atoms with Gasteiger partial charge in [-0.2, -0.15) is 0 Å². The van der Waals surface area contributed by atoms with Crippen LogP contribution in [0.25, 0.3) is 6.08 Å². The lowest BCUT2D eigenvalue weighted by Gasteiger charge is -2.37. The third-order valence-corrected chi connectivity index (χ3v) is 7.81. The summed E-state index contributed by atoms with van der Waals surface area (Å²) >= 11 is 0. The second-order valence-corrected chi connectivity index (χ2v) is 9.76. The van der Waals surface area contributed by atoms with Gasteiger partial charge in [0.25, 0.3) is 0 Å². The Kier molecular flexibility index (Phi) is 5.02. The maximum Gasteiger partial charge on any atom is 0.221 e. The molecule has 1 aliphatic carbocycles. The monoisotopic (exact) mass is 494 g/mol. The van der Waals surface area contributed by atoms with Crippen molar-refractivity contribution in [1.29, 1.82) is 0 Å². The number of nitrogens with one attached hydrogen (secondary N) is 1. The van der Waals surface area contributed by atoms with E-state index in [9.17, 15) is 19.2 Å². The minimum absolute atomic E-state index is 0.152. The molecule has 1 saturated heterocycles. The van der Waals surface area contributed by atoms with Crippen molar-refractivity contribution < 1.29 is 23.6 Å². The average molecular weight is 495 g/mol. The molecule has 184 valence electrons. The molecule has 2 heterocycles. The molecular weight excluding hydrogens is 471 g/mol. The molecule has 3 aromatic carbocycles. The Morgan fingerprint density at radius 3 is 2.16 bits per heavy atom. The van der Waals surface area contributed by atoms with Gasteiger partial charge in [0.15, 0.2) is 17.3 Å². The highest BCUT2D eigenvalue weighted by molar-refractivity contribution is 6.32. The van der Waals surface area contributed by atoms with Gasteiger partial charge in [-0.3, -0.25) is 19.2 Å². The normalized spacial score (nSPS) is 22.6. The summed E-state index contributed by atoms with van der Waals surface area (Å²) in [7, 11) is 0. The maximum absolute atomic E-state index is 15.5. The van der Waals surface area contributed by atoms with E-state index in [1.165, 1.54) is 19.9 Å². The molecule has 1 spiro atoms. The Hall–Kier alpha value is -4.39. The van der Waals surface area contributed by atoms with Crippen LogP contribution in [0.2, 0.25) is 0 Å². The van der Waals surface area contributed by atoms with Gasteiger partial charge in [-0.25, -0.2) is 4.39 Å². The van der Waals surface area contributed by atoms with E-state index in [1.54, 1.807) is 77.7 Å². The van der Waals surface area contributed by atoms with Crippen molar-refractivity contribution in [2.75, 3.05) is 10.2 Å². The molecule has 0 unspecified atom stereocenters. The van der Waals surface area contributed by atoms with Crippen molar-refractivity contribution in [2.24, 2.45) is 5.41 Å². The van der Waals surface area contributed by atoms with Gasteiger partial charge in [-0.15, -0.1) is 0 Å². The number of nitrogens with zero attached hydrogens (tertiary/aromatic N) is 1. The van der Waals surface area contributed by atoms with Crippen LogP contribution >= 0.6 is 0 Å². The Morgan fingerprint density at radius 1 is 0.892 bits per heavy atom. The molecule has 3 aromatic rings. The van der Waals surface area contributed by atoms with E-state index in [4.69, 9.17) is 0 Å². The third kappa shape index (κ3) is 2.97. The van der Waals surface area contributed by atoms with Crippen LogP contribution in [0.5, 0.6) is 0 Å². The molecule has 0 radical (unpaired) electrons. The Bertz CT molecular complexity index is 1520. The number of halogens is 1. The fraction of sp³-hybridized carbons (Fsp3) is 0.200. The van der Waals surface area contributed by atoms with E-state index >= 15 is 4.39 Å². The molecular formula is C30H23FN2O4. The summed E-state index contributed by atoms with van der Waals surface area (Å²) in [6.45, 7) is 2.81. The van der Waals surface area contributed by atoms with Crippen molar-refractivity contribution in [1.82, 2.24) is 0 Å². The maximum atomic E-state index is 15.5. The van der Waals surface area contributed by atoms with E-state index in [2.05, 4.69) is 5.32 Å². The van der Waals surface area contributed by atoms with Crippen LogP contribution in [-0.2, 0) is 9.59 Å². The molecule has 3 aliphatic rings. The van der Waals surface area contributed by atoms with E-state index in [1.807, 2.05) is 0 Å². The number of amides is 1. The van der Waals surface area contributed by atoms with Crippen LogP contribution in [0.3, 0.4) is 0 Å². The predicted molar refractivity (Wildman–Crippen MR) is 137 cm³/mol. The van der Waals surface area contributed by atoms with Crippen molar-refractivity contribution in [3.63, 3.8) is 0 Å². The van der Waals surface area contributed by atoms with Gasteiger partial charge < -0.3 is 10.2 Å². The van der Waals surface area contributed by atoms with Crippen LogP contribution in [-0.4, -0.2) is 35.3 Å². The van der Waals surface area contributed by atoms with Crippen molar-refractivity contribution in [3.05, 3.63) is 101 Å². The number of anilines is 2. The first-order chi connectivity index (χ1) is 17.8. The van der Waals surface area contributed by atoms with Gasteiger partial charge in [0.05, 0.1) is 17.8 Å². The van der Waals surface area contributed by atoms with E-state index in [0.29, 0.717) is 16.9 Å². The van der Waals surface area contributed by atoms with E-state index < -0.39 is 40.8 Å². The summed E-state index contributed by atoms with van der Waals surface area (Å²) in [5, 5.41) is 2.81. The lowest BCUT2D eigenvalue weighted by Crippen LogP contribution is -2.48. The van der Waals surface area contributed by atoms with E-state index in [-0.39, 0.29) is 28.4 Å². The smallest absolute Gasteiger partial charge is 0.221 e. The zero-order valence-corrected chi connectivity index (χ0v) is 20.2. The van der Waals surface area contributed by atoms with Gasteiger partial charge >= 0.3 is 0 Å². The van der Waals surface area contributed by atoms with Crippen LogP contribution in [0.1, 0.15) is 51.6 Å². The molecule has 37 heavy (non-hydrogen) atoms. The second-order valence-electron chi connectivity index (χ2n) is 9.76. The van der Waals surface area contributed by atoms with Crippen molar-refractivity contribution >= 4 is 40.7 Å². The van der Waals surface area contributed by atoms with Gasteiger partial charge in [-0.05, 0) is 30.7 Å². The summed E-state index contributed by atoms with van der Waals surface area (Å²) in [5.74, 6) is -3.02. The summed E-state index contributed by atoms with van der Waals surface area (Å²) in [5.41, 5.74) is 0.764. The Morgan fingerprint density at radius 2 is 1.54 bits per heavy atom. The minimum Gasteiger partial charge on any atom is -0.352 e. The number of benzene rings is 3. The van der Waals surface area contributed by atoms with Crippen LogP contribution in [0.15, 0.2) is 72.8 Å². The van der Waals surface area contributed by atoms with Crippen LogP contribution in [0, 0.1) is 11.2 Å². The summed E-state index contributed by atoms with van der Waals surface area (Å²) in [6.07, 6.45) is 3.51. The van der Waals surface area contributed by atoms with Crippen molar-refractivity contribution in [2.45, 2.75) is 31.8 Å². The minimum atomic E-state index is -1.74. The molecule has 1 N–H and O–H groups in total. The lowest BCUT2D eigenvalue weighted by atomic mass is 9.64. The number of carbonyl (C=O) groups excluding carboxylic acids is 4. The number of carbonyl (C=O) groups is 4. The molecule has 1 fully saturated rings. The number of hydrogen-bond acceptors (Lipinski definition) is 5. The number of ketones is 3. The van der Waals surface area contributed by atoms with Gasteiger partial charge in [0.2, 0.25) is 5.91 Å². The first-order valence-electron chi connectivity index (χ1n) is 12.1. The highest BCUT2D eigenvalue weighted by Crippen LogP contribution is 2.61. The molecule has 1 amide bonds. The summed E-state index contributed by atoms with van der Waals surface area (Å²) < 4.78 is 15.5. The molecule has 6 rings (SSSR count). The van der Waals surface area contributed by atoms with Gasteiger partial charge in [-0.1, -0.05) is 60.7 Å². The van der Waals surface area contributed by atoms with Crippen LogP contribution in [0.4, 0.5) is 15.8 Å². The molecule has 2 aliphatic heterocycles. The van der Waals surface area contributed by atoms with Crippen LogP contribution < -0.4 is 10.2 Å². The SMILES string of the molecule is CC(=O)Nc1cccc2c1C=C[C@@H]1N2[C@@H](C(C)=O)[C@@H](c2ccccc2F)C12C(=O)c1ccccc1C2=O. The largest absolute Gasteiger partial charge is 0.352 e. The quantitative estimate of drug-likeness (QED) is 0.529. The third-order valence-electron chi connectivity index (χ3n) is 7.81. The number of hydrogen-bond donors (Lipinski definition) is 1. The Balaban J connectivity index is 1.67. The average Bonchev–Trinajstić information content (AvgIpc) is 3.31. The molecule has 7 heteroatoms. The fourth-order valence-corrected chi connectivity index (χ4v) is 6.52. The summed E-state index contributed by atoms with van der Waals surface area (Å²) in [4.78, 5) is 55.7. The molecule has 0 saturated carbocycles. The fourth-order valence-electron chi connectivity index (χ4n) is 6.52. The molecule has 0 aromatic heterocycles. The molecule has 6 nitrogen and oxygen atoms in total. The van der Waals surface area contributed by atoms with Gasteiger partial charge in [0, 0.05) is 35.2 Å². The standard InChI is InChI=1S/C30H23FN2O4/c1-16(34)27-26(20-10-5-6-11-22(20)31)30(28(36)18-8-3-4-9-19(18)29(30)37)25-15-14-21-23(32-17(2)35)12-7-13-24(21)33(25)27/h3-15,25-27H,1-2H3,(H,32,35)/t25-,26+,27-/m0/s1. The lowest BCUT2D eigenvalue weighted by molar-refractivity contribution is -0.118. The number of rotatable bonds is 3. The first kappa shape index (κ1) is 23.0. The molecule has 0 bridgehead atoms. The van der Waals surface area contributed by atoms with Gasteiger partial charge in [0.1, 0.15) is 11.2 Å². The summed E-state index contributed by atoms with van der Waals surface area (Å²) in [6, 6.07) is 16.1. The molecule has 3 atom stereocenters. The zero-order chi connectivity index (χ0) is 26.1. The zero-order valence-electron chi connectivity index (χ0n) is 20.2. The topological polar surface area (TPSA) is 83.6 Å². The second kappa shape index (κ2) is 8.06. The highest BCUT2D eigenvalue weighted by atomic mass is 19.1. The van der Waals surface area contributed by atoms with Crippen molar-refractivity contribution in [3.8, 4) is 0 Å². The Labute approximate surface area is 212 Å². The predicted octanol–water partition coefficient (Wildman–Crippen LogP) is 4.81. The highest BCUT2D eigenvalue weighted by Gasteiger charge is 2.71. The number of fused-ring (bicyclic) bond motifs is 5. The van der Waals surface area contributed by atoms with E-state index in [0.717, 1.165) is 0 Å².